The summed E-state index contributed by atoms with van der Waals surface area (Å²) in [5.41, 5.74) is 7.21. The van der Waals surface area contributed by atoms with Crippen molar-refractivity contribution in [3.63, 3.8) is 0 Å². The summed E-state index contributed by atoms with van der Waals surface area (Å²) < 4.78 is 0. The third-order valence-electron chi connectivity index (χ3n) is 2.36. The van der Waals surface area contributed by atoms with Crippen molar-refractivity contribution in [2.75, 3.05) is 17.7 Å². The Labute approximate surface area is 95.2 Å². The van der Waals surface area contributed by atoms with Crippen molar-refractivity contribution >= 4 is 23.0 Å². The highest BCUT2D eigenvalue weighted by Crippen LogP contribution is 2.29. The zero-order valence-electron chi connectivity index (χ0n) is 8.83. The maximum Gasteiger partial charge on any atom is 0.0765 e. The number of halogens is 1. The highest BCUT2D eigenvalue weighted by atomic mass is 35.5. The van der Waals surface area contributed by atoms with Crippen molar-refractivity contribution in [2.45, 2.75) is 25.8 Å². The van der Waals surface area contributed by atoms with Gasteiger partial charge in [-0.1, -0.05) is 24.6 Å². The van der Waals surface area contributed by atoms with Crippen molar-refractivity contribution < 1.29 is 5.11 Å². The Bertz CT molecular complexity index is 297. The Hall–Kier alpha value is -0.930. The second-order valence-corrected chi connectivity index (χ2v) is 3.87. The summed E-state index contributed by atoms with van der Waals surface area (Å²) >= 11 is 6.03. The fourth-order valence-electron chi connectivity index (χ4n) is 1.43. The van der Waals surface area contributed by atoms with E-state index in [9.17, 15) is 0 Å². The summed E-state index contributed by atoms with van der Waals surface area (Å²) in [5.74, 6) is 0. The van der Waals surface area contributed by atoms with Gasteiger partial charge in [0, 0.05) is 12.6 Å². The van der Waals surface area contributed by atoms with E-state index in [1.165, 1.54) is 0 Å². The number of anilines is 2. The highest BCUT2D eigenvalue weighted by Gasteiger charge is 2.09. The van der Waals surface area contributed by atoms with Crippen LogP contribution < -0.4 is 11.1 Å². The van der Waals surface area contributed by atoms with Crippen LogP contribution in [0.25, 0.3) is 0 Å². The second-order valence-electron chi connectivity index (χ2n) is 3.47. The predicted molar refractivity (Wildman–Crippen MR) is 65.3 cm³/mol. The molecule has 0 heterocycles. The maximum atomic E-state index is 8.88. The Morgan fingerprint density at radius 2 is 2.27 bits per heavy atom. The molecule has 1 atom stereocenters. The SMILES string of the molecule is CCC(CCO)Nc1c(N)cccc1Cl. The van der Waals surface area contributed by atoms with E-state index in [1.54, 1.807) is 12.1 Å². The van der Waals surface area contributed by atoms with E-state index in [-0.39, 0.29) is 12.6 Å². The second kappa shape index (κ2) is 5.83. The molecule has 0 saturated heterocycles. The maximum absolute atomic E-state index is 8.88. The summed E-state index contributed by atoms with van der Waals surface area (Å²) in [4.78, 5) is 0. The number of nitrogens with two attached hydrogens (primary N) is 1. The summed E-state index contributed by atoms with van der Waals surface area (Å²) in [6.07, 6.45) is 1.62. The Morgan fingerprint density at radius 3 is 2.80 bits per heavy atom. The first-order valence-corrected chi connectivity index (χ1v) is 5.48. The number of hydrogen-bond acceptors (Lipinski definition) is 3. The lowest BCUT2D eigenvalue weighted by Gasteiger charge is -2.19. The number of aliphatic hydroxyl groups excluding tert-OH is 1. The van der Waals surface area contributed by atoms with E-state index >= 15 is 0 Å². The summed E-state index contributed by atoms with van der Waals surface area (Å²) in [6, 6.07) is 5.62. The van der Waals surface area contributed by atoms with E-state index in [1.807, 2.05) is 6.07 Å². The average Bonchev–Trinajstić information content (AvgIpc) is 2.22. The van der Waals surface area contributed by atoms with Crippen LogP contribution in [0.2, 0.25) is 5.02 Å². The van der Waals surface area contributed by atoms with Crippen molar-refractivity contribution in [1.29, 1.82) is 0 Å². The van der Waals surface area contributed by atoms with Gasteiger partial charge in [-0.05, 0) is 25.0 Å². The van der Waals surface area contributed by atoms with E-state index < -0.39 is 0 Å². The van der Waals surface area contributed by atoms with E-state index in [2.05, 4.69) is 12.2 Å². The quantitative estimate of drug-likeness (QED) is 0.679. The molecule has 0 aliphatic rings. The van der Waals surface area contributed by atoms with Gasteiger partial charge in [-0.25, -0.2) is 0 Å². The van der Waals surface area contributed by atoms with Gasteiger partial charge in [0.25, 0.3) is 0 Å². The first kappa shape index (κ1) is 12.1. The molecule has 84 valence electrons. The van der Waals surface area contributed by atoms with Crippen LogP contribution in [-0.2, 0) is 0 Å². The van der Waals surface area contributed by atoms with Gasteiger partial charge < -0.3 is 16.2 Å². The van der Waals surface area contributed by atoms with Gasteiger partial charge in [-0.15, -0.1) is 0 Å². The Morgan fingerprint density at radius 1 is 1.53 bits per heavy atom. The lowest BCUT2D eigenvalue weighted by molar-refractivity contribution is 0.278. The van der Waals surface area contributed by atoms with Crippen molar-refractivity contribution in [2.24, 2.45) is 0 Å². The lowest BCUT2D eigenvalue weighted by Crippen LogP contribution is -2.20. The van der Waals surface area contributed by atoms with Crippen LogP contribution in [0.3, 0.4) is 0 Å². The van der Waals surface area contributed by atoms with Crippen LogP contribution in [0.5, 0.6) is 0 Å². The van der Waals surface area contributed by atoms with Crippen molar-refractivity contribution in [3.8, 4) is 0 Å². The molecule has 1 aromatic carbocycles. The molecule has 3 nitrogen and oxygen atoms in total. The fourth-order valence-corrected chi connectivity index (χ4v) is 1.67. The van der Waals surface area contributed by atoms with E-state index in [0.29, 0.717) is 17.1 Å². The smallest absolute Gasteiger partial charge is 0.0765 e. The van der Waals surface area contributed by atoms with Gasteiger partial charge in [0.1, 0.15) is 0 Å². The standard InChI is InChI=1S/C11H17ClN2O/c1-2-8(6-7-15)14-11-9(12)4-3-5-10(11)13/h3-5,8,14-15H,2,6-7,13H2,1H3. The lowest BCUT2D eigenvalue weighted by atomic mass is 10.1. The van der Waals surface area contributed by atoms with Crippen molar-refractivity contribution in [1.82, 2.24) is 0 Å². The van der Waals surface area contributed by atoms with Crippen LogP contribution in [0.15, 0.2) is 18.2 Å². The van der Waals surface area contributed by atoms with Crippen molar-refractivity contribution in [3.05, 3.63) is 23.2 Å². The number of nitrogens with one attached hydrogen (secondary N) is 1. The molecule has 4 N–H and O–H groups in total. The minimum Gasteiger partial charge on any atom is -0.397 e. The monoisotopic (exact) mass is 228 g/mol. The third kappa shape index (κ3) is 3.29. The number of rotatable bonds is 5. The molecule has 15 heavy (non-hydrogen) atoms. The van der Waals surface area contributed by atoms with Crippen LogP contribution in [0.4, 0.5) is 11.4 Å². The number of hydrogen-bond donors (Lipinski definition) is 3. The molecule has 0 radical (unpaired) electrons. The fraction of sp³-hybridized carbons (Fsp3) is 0.455. The number of nitrogen functional groups attached to an aromatic ring is 1. The highest BCUT2D eigenvalue weighted by molar-refractivity contribution is 6.33. The van der Waals surface area contributed by atoms with Gasteiger partial charge in [0.15, 0.2) is 0 Å². The zero-order valence-corrected chi connectivity index (χ0v) is 9.59. The topological polar surface area (TPSA) is 58.3 Å². The van der Waals surface area contributed by atoms with Gasteiger partial charge >= 0.3 is 0 Å². The molecular formula is C11H17ClN2O. The number of aliphatic hydroxyl groups is 1. The van der Waals surface area contributed by atoms with Crippen LogP contribution in [0.1, 0.15) is 19.8 Å². The molecular weight excluding hydrogens is 212 g/mol. The Balaban J connectivity index is 2.78. The molecule has 0 fully saturated rings. The largest absolute Gasteiger partial charge is 0.397 e. The molecule has 1 unspecified atom stereocenters. The number of benzene rings is 1. The minimum atomic E-state index is 0.163. The molecule has 0 saturated carbocycles. The molecule has 0 aliphatic heterocycles. The third-order valence-corrected chi connectivity index (χ3v) is 2.68. The minimum absolute atomic E-state index is 0.163. The van der Waals surface area contributed by atoms with Gasteiger partial charge in [-0.2, -0.15) is 0 Å². The van der Waals surface area contributed by atoms with Crippen LogP contribution in [0, 0.1) is 0 Å². The molecule has 0 aromatic heterocycles. The molecule has 0 spiro atoms. The molecule has 1 rings (SSSR count). The molecule has 4 heteroatoms. The average molecular weight is 229 g/mol. The first-order chi connectivity index (χ1) is 7.19. The van der Waals surface area contributed by atoms with Gasteiger partial charge in [0.05, 0.1) is 16.4 Å². The number of para-hydroxylation sites is 1. The summed E-state index contributed by atoms with van der Waals surface area (Å²) in [6.45, 7) is 2.22. The predicted octanol–water partition coefficient (Wildman–Crippen LogP) is 2.50. The molecule has 0 bridgehead atoms. The Kier molecular flexibility index (Phi) is 4.72. The first-order valence-electron chi connectivity index (χ1n) is 5.10. The zero-order chi connectivity index (χ0) is 11.3. The van der Waals surface area contributed by atoms with Gasteiger partial charge in [0.2, 0.25) is 0 Å². The molecule has 0 aliphatic carbocycles. The van der Waals surface area contributed by atoms with Crippen LogP contribution in [-0.4, -0.2) is 17.8 Å². The normalized spacial score (nSPS) is 12.5. The molecule has 1 aromatic rings. The van der Waals surface area contributed by atoms with E-state index in [0.717, 1.165) is 12.1 Å². The van der Waals surface area contributed by atoms with Gasteiger partial charge in [-0.3, -0.25) is 0 Å². The summed E-state index contributed by atoms with van der Waals surface area (Å²) in [7, 11) is 0. The van der Waals surface area contributed by atoms with E-state index in [4.69, 9.17) is 22.4 Å². The van der Waals surface area contributed by atoms with Crippen LogP contribution >= 0.6 is 11.6 Å². The summed E-state index contributed by atoms with van der Waals surface area (Å²) in [5, 5.41) is 12.7. The molecule has 0 amide bonds.